The van der Waals surface area contributed by atoms with Crippen LogP contribution in [0.3, 0.4) is 0 Å². The van der Waals surface area contributed by atoms with Crippen LogP contribution in [-0.2, 0) is 14.8 Å². The Morgan fingerprint density at radius 1 is 1.35 bits per heavy atom. The number of aryl methyl sites for hydroxylation is 1. The van der Waals surface area contributed by atoms with Crippen LogP contribution in [0.25, 0.3) is 0 Å². The van der Waals surface area contributed by atoms with Gasteiger partial charge in [-0.25, -0.2) is 8.42 Å². The zero-order valence-electron chi connectivity index (χ0n) is 16.0. The van der Waals surface area contributed by atoms with E-state index in [0.29, 0.717) is 12.4 Å². The van der Waals surface area contributed by atoms with Crippen LogP contribution in [0.2, 0.25) is 0 Å². The Kier molecular flexibility index (Phi) is 7.02. The average Bonchev–Trinajstić information content (AvgIpc) is 2.58. The second-order valence-corrected chi connectivity index (χ2v) is 8.81. The molecule has 1 heterocycles. The van der Waals surface area contributed by atoms with Crippen LogP contribution in [0.5, 0.6) is 5.75 Å². The standard InChI is InChI=1S/C18H29N3O4S/c1-5-25-17-7-6-16(12-14(17)2)26(23,24)21(4)13-18(22)19-15-8-10-20(3)11-9-15/h6-7,12,15H,5,8-11,13H2,1-4H3,(H,19,22). The summed E-state index contributed by atoms with van der Waals surface area (Å²) < 4.78 is 32.0. The number of sulfonamides is 1. The summed E-state index contributed by atoms with van der Waals surface area (Å²) in [6.45, 7) is 5.87. The molecule has 0 unspecified atom stereocenters. The fraction of sp³-hybridized carbons (Fsp3) is 0.611. The van der Waals surface area contributed by atoms with E-state index in [0.717, 1.165) is 35.8 Å². The molecule has 1 saturated heterocycles. The Bertz CT molecular complexity index is 728. The smallest absolute Gasteiger partial charge is 0.243 e. The topological polar surface area (TPSA) is 79.0 Å². The van der Waals surface area contributed by atoms with Gasteiger partial charge in [-0.1, -0.05) is 0 Å². The molecule has 146 valence electrons. The number of nitrogens with zero attached hydrogens (tertiary/aromatic N) is 2. The third-order valence-electron chi connectivity index (χ3n) is 4.60. The van der Waals surface area contributed by atoms with Crippen molar-refractivity contribution >= 4 is 15.9 Å². The third-order valence-corrected chi connectivity index (χ3v) is 6.40. The number of piperidine rings is 1. The molecule has 2 rings (SSSR count). The number of carbonyl (C=O) groups excluding carboxylic acids is 1. The van der Waals surface area contributed by atoms with Gasteiger partial charge in [0.2, 0.25) is 15.9 Å². The normalized spacial score (nSPS) is 16.7. The minimum atomic E-state index is -3.73. The van der Waals surface area contributed by atoms with E-state index in [9.17, 15) is 13.2 Å². The van der Waals surface area contributed by atoms with Crippen molar-refractivity contribution in [2.45, 2.75) is 37.6 Å². The largest absolute Gasteiger partial charge is 0.494 e. The van der Waals surface area contributed by atoms with Gasteiger partial charge in [0, 0.05) is 13.1 Å². The second kappa shape index (κ2) is 8.83. The molecule has 8 heteroatoms. The quantitative estimate of drug-likeness (QED) is 0.766. The van der Waals surface area contributed by atoms with E-state index in [1.165, 1.54) is 13.1 Å². The molecule has 0 bridgehead atoms. The van der Waals surface area contributed by atoms with E-state index >= 15 is 0 Å². The van der Waals surface area contributed by atoms with Crippen molar-refractivity contribution in [3.8, 4) is 5.75 Å². The monoisotopic (exact) mass is 383 g/mol. The Labute approximate surface area is 156 Å². The Hall–Kier alpha value is -1.64. The molecule has 0 saturated carbocycles. The van der Waals surface area contributed by atoms with E-state index in [4.69, 9.17) is 4.74 Å². The number of nitrogens with one attached hydrogen (secondary N) is 1. The summed E-state index contributed by atoms with van der Waals surface area (Å²) in [6.07, 6.45) is 1.77. The lowest BCUT2D eigenvalue weighted by molar-refractivity contribution is -0.122. The number of amides is 1. The number of hydrogen-bond donors (Lipinski definition) is 1. The first-order valence-electron chi connectivity index (χ1n) is 8.91. The van der Waals surface area contributed by atoms with Crippen LogP contribution in [0, 0.1) is 6.92 Å². The number of ether oxygens (including phenoxy) is 1. The van der Waals surface area contributed by atoms with Gasteiger partial charge in [-0.05, 0) is 70.6 Å². The zero-order chi connectivity index (χ0) is 19.3. The second-order valence-electron chi connectivity index (χ2n) is 6.77. The molecular weight excluding hydrogens is 354 g/mol. The van der Waals surface area contributed by atoms with Crippen molar-refractivity contribution in [3.05, 3.63) is 23.8 Å². The summed E-state index contributed by atoms with van der Waals surface area (Å²) in [5.74, 6) is 0.391. The van der Waals surface area contributed by atoms with Crippen LogP contribution in [0.15, 0.2) is 23.1 Å². The maximum Gasteiger partial charge on any atom is 0.243 e. The number of benzene rings is 1. The number of likely N-dealkylation sites (N-methyl/N-ethyl adjacent to an activating group) is 1. The lowest BCUT2D eigenvalue weighted by atomic mass is 10.1. The average molecular weight is 384 g/mol. The molecule has 1 aromatic rings. The molecule has 1 aliphatic heterocycles. The summed E-state index contributed by atoms with van der Waals surface area (Å²) in [5.41, 5.74) is 0.747. The van der Waals surface area contributed by atoms with Gasteiger partial charge in [0.05, 0.1) is 18.0 Å². The molecule has 1 fully saturated rings. The van der Waals surface area contributed by atoms with Crippen molar-refractivity contribution in [2.75, 3.05) is 40.3 Å². The zero-order valence-corrected chi connectivity index (χ0v) is 16.8. The lowest BCUT2D eigenvalue weighted by Gasteiger charge is -2.30. The van der Waals surface area contributed by atoms with E-state index in [1.807, 2.05) is 6.92 Å². The van der Waals surface area contributed by atoms with Crippen molar-refractivity contribution in [1.29, 1.82) is 0 Å². The summed E-state index contributed by atoms with van der Waals surface area (Å²) in [4.78, 5) is 14.6. The number of rotatable bonds is 7. The van der Waals surface area contributed by atoms with Crippen LogP contribution >= 0.6 is 0 Å². The molecule has 0 spiro atoms. The summed E-state index contributed by atoms with van der Waals surface area (Å²) >= 11 is 0. The summed E-state index contributed by atoms with van der Waals surface area (Å²) in [5, 5.41) is 2.94. The first-order chi connectivity index (χ1) is 12.2. The highest BCUT2D eigenvalue weighted by molar-refractivity contribution is 7.89. The Morgan fingerprint density at radius 3 is 2.58 bits per heavy atom. The molecule has 1 aromatic carbocycles. The minimum absolute atomic E-state index is 0.113. The number of carbonyl (C=O) groups is 1. The third kappa shape index (κ3) is 5.18. The van der Waals surface area contributed by atoms with Crippen molar-refractivity contribution in [3.63, 3.8) is 0 Å². The first kappa shape index (κ1) is 20.7. The summed E-state index contributed by atoms with van der Waals surface area (Å²) in [6, 6.07) is 4.85. The van der Waals surface area contributed by atoms with E-state index in [1.54, 1.807) is 19.1 Å². The van der Waals surface area contributed by atoms with Crippen LogP contribution in [0.1, 0.15) is 25.3 Å². The molecule has 0 aromatic heterocycles. The van der Waals surface area contributed by atoms with Crippen LogP contribution in [0.4, 0.5) is 0 Å². The first-order valence-corrected chi connectivity index (χ1v) is 10.4. The number of likely N-dealkylation sites (tertiary alicyclic amines) is 1. The Morgan fingerprint density at radius 2 is 2.00 bits per heavy atom. The van der Waals surface area contributed by atoms with Gasteiger partial charge in [0.15, 0.2) is 0 Å². The highest BCUT2D eigenvalue weighted by Gasteiger charge is 2.25. The molecule has 1 aliphatic rings. The molecular formula is C18H29N3O4S. The van der Waals surface area contributed by atoms with Gasteiger partial charge in [-0.2, -0.15) is 4.31 Å². The SMILES string of the molecule is CCOc1ccc(S(=O)(=O)N(C)CC(=O)NC2CCN(C)CC2)cc1C. The van der Waals surface area contributed by atoms with Crippen molar-refractivity contribution < 1.29 is 17.9 Å². The van der Waals surface area contributed by atoms with Crippen LogP contribution < -0.4 is 10.1 Å². The Balaban J connectivity index is 1.99. The van der Waals surface area contributed by atoms with Gasteiger partial charge >= 0.3 is 0 Å². The maximum absolute atomic E-state index is 12.7. The van der Waals surface area contributed by atoms with E-state index in [2.05, 4.69) is 17.3 Å². The summed E-state index contributed by atoms with van der Waals surface area (Å²) in [7, 11) is -0.250. The van der Waals surface area contributed by atoms with Crippen molar-refractivity contribution in [2.24, 2.45) is 0 Å². The lowest BCUT2D eigenvalue weighted by Crippen LogP contribution is -2.46. The molecule has 1 amide bonds. The van der Waals surface area contributed by atoms with Gasteiger partial charge < -0.3 is 15.0 Å². The molecule has 0 aliphatic carbocycles. The molecule has 0 radical (unpaired) electrons. The predicted octanol–water partition coefficient (Wildman–Crippen LogP) is 1.22. The minimum Gasteiger partial charge on any atom is -0.494 e. The van der Waals surface area contributed by atoms with Crippen LogP contribution in [-0.4, -0.2) is 69.9 Å². The molecule has 1 N–H and O–H groups in total. The molecule has 26 heavy (non-hydrogen) atoms. The number of hydrogen-bond acceptors (Lipinski definition) is 5. The molecule has 0 atom stereocenters. The fourth-order valence-corrected chi connectivity index (χ4v) is 4.21. The maximum atomic E-state index is 12.7. The van der Waals surface area contributed by atoms with Gasteiger partial charge in [-0.15, -0.1) is 0 Å². The van der Waals surface area contributed by atoms with E-state index < -0.39 is 10.0 Å². The fourth-order valence-electron chi connectivity index (χ4n) is 2.99. The van der Waals surface area contributed by atoms with E-state index in [-0.39, 0.29) is 23.4 Å². The highest BCUT2D eigenvalue weighted by Crippen LogP contribution is 2.23. The predicted molar refractivity (Wildman–Crippen MR) is 101 cm³/mol. The van der Waals surface area contributed by atoms with Crippen molar-refractivity contribution in [1.82, 2.24) is 14.5 Å². The highest BCUT2D eigenvalue weighted by atomic mass is 32.2. The van der Waals surface area contributed by atoms with Gasteiger partial charge in [-0.3, -0.25) is 4.79 Å². The van der Waals surface area contributed by atoms with Gasteiger partial charge in [0.1, 0.15) is 5.75 Å². The molecule has 7 nitrogen and oxygen atoms in total. The van der Waals surface area contributed by atoms with Gasteiger partial charge in [0.25, 0.3) is 0 Å².